The zero-order chi connectivity index (χ0) is 17.7. The number of nitrogen functional groups attached to an aromatic ring is 1. The van der Waals surface area contributed by atoms with Crippen LogP contribution in [0.5, 0.6) is 0 Å². The van der Waals surface area contributed by atoms with Gasteiger partial charge in [-0.05, 0) is 24.1 Å². The van der Waals surface area contributed by atoms with Crippen LogP contribution in [-0.2, 0) is 4.79 Å². The fraction of sp³-hybridized carbons (Fsp3) is 0.312. The molecular weight excluding hydrogens is 310 g/mol. The molecule has 126 valence electrons. The maximum absolute atomic E-state index is 10.8. The minimum atomic E-state index is -1.07. The summed E-state index contributed by atoms with van der Waals surface area (Å²) in [6.45, 7) is 1.67. The van der Waals surface area contributed by atoms with Crippen molar-refractivity contribution in [2.75, 3.05) is 12.3 Å². The van der Waals surface area contributed by atoms with E-state index in [9.17, 15) is 15.0 Å². The molecule has 0 radical (unpaired) electrons. The standard InChI is InChI=1S/C16H19N5O3/c1-10(22)19-7-6-14(23)15(24)11-2-4-13(5-3-11)21-16(18)12(8-17)9-20-21/h2-5,9,14-15,23-24H,6-7,18H2,1H3,(H,19,22). The number of aromatic nitrogens is 2. The molecule has 0 saturated carbocycles. The number of carbonyl (C=O) groups excluding carboxylic acids is 1. The van der Waals surface area contributed by atoms with Gasteiger partial charge in [0.05, 0.1) is 18.0 Å². The molecule has 0 bridgehead atoms. The molecule has 1 heterocycles. The van der Waals surface area contributed by atoms with Crippen molar-refractivity contribution < 1.29 is 15.0 Å². The van der Waals surface area contributed by atoms with Crippen LogP contribution in [0.2, 0.25) is 0 Å². The van der Waals surface area contributed by atoms with E-state index in [1.807, 2.05) is 6.07 Å². The third kappa shape index (κ3) is 3.90. The Morgan fingerprint density at radius 2 is 2.08 bits per heavy atom. The van der Waals surface area contributed by atoms with Crippen LogP contribution in [0.25, 0.3) is 5.69 Å². The highest BCUT2D eigenvalue weighted by Crippen LogP contribution is 2.22. The normalized spacial score (nSPS) is 13.1. The largest absolute Gasteiger partial charge is 0.390 e. The molecule has 1 amide bonds. The Morgan fingerprint density at radius 3 is 2.62 bits per heavy atom. The monoisotopic (exact) mass is 329 g/mol. The molecule has 0 spiro atoms. The van der Waals surface area contributed by atoms with E-state index in [1.165, 1.54) is 17.8 Å². The van der Waals surface area contributed by atoms with Crippen molar-refractivity contribution in [1.29, 1.82) is 5.26 Å². The van der Waals surface area contributed by atoms with Crippen molar-refractivity contribution in [2.45, 2.75) is 25.6 Å². The summed E-state index contributed by atoms with van der Waals surface area (Å²) in [4.78, 5) is 10.8. The summed E-state index contributed by atoms with van der Waals surface area (Å²) in [6.07, 6.45) is -0.454. The highest BCUT2D eigenvalue weighted by atomic mass is 16.3. The minimum Gasteiger partial charge on any atom is -0.390 e. The lowest BCUT2D eigenvalue weighted by Crippen LogP contribution is -2.27. The third-order valence-electron chi connectivity index (χ3n) is 3.58. The van der Waals surface area contributed by atoms with Crippen molar-refractivity contribution in [1.82, 2.24) is 15.1 Å². The van der Waals surface area contributed by atoms with Crippen molar-refractivity contribution in [2.24, 2.45) is 0 Å². The molecule has 2 atom stereocenters. The van der Waals surface area contributed by atoms with Crippen LogP contribution in [0.3, 0.4) is 0 Å². The number of nitrogens with two attached hydrogens (primary N) is 1. The molecule has 0 aliphatic rings. The number of anilines is 1. The quantitative estimate of drug-likeness (QED) is 0.599. The second-order valence-corrected chi connectivity index (χ2v) is 5.34. The zero-order valence-electron chi connectivity index (χ0n) is 13.2. The molecule has 0 saturated heterocycles. The first kappa shape index (κ1) is 17.5. The van der Waals surface area contributed by atoms with Crippen LogP contribution in [-0.4, -0.2) is 38.5 Å². The van der Waals surface area contributed by atoms with Crippen molar-refractivity contribution in [3.8, 4) is 11.8 Å². The summed E-state index contributed by atoms with van der Waals surface area (Å²) in [7, 11) is 0. The first-order chi connectivity index (χ1) is 11.4. The molecule has 1 aromatic carbocycles. The van der Waals surface area contributed by atoms with Gasteiger partial charge >= 0.3 is 0 Å². The summed E-state index contributed by atoms with van der Waals surface area (Å²) in [5.74, 6) is 0.0516. The Balaban J connectivity index is 2.07. The Kier molecular flexibility index (Phi) is 5.52. The maximum atomic E-state index is 10.8. The lowest BCUT2D eigenvalue weighted by atomic mass is 10.0. The van der Waals surface area contributed by atoms with Gasteiger partial charge in [-0.3, -0.25) is 4.79 Å². The number of nitriles is 1. The van der Waals surface area contributed by atoms with E-state index >= 15 is 0 Å². The highest BCUT2D eigenvalue weighted by molar-refractivity contribution is 5.72. The fourth-order valence-corrected chi connectivity index (χ4v) is 2.24. The van der Waals surface area contributed by atoms with Crippen LogP contribution < -0.4 is 11.1 Å². The molecule has 5 N–H and O–H groups in total. The van der Waals surface area contributed by atoms with E-state index in [-0.39, 0.29) is 30.3 Å². The second kappa shape index (κ2) is 7.59. The number of benzene rings is 1. The lowest BCUT2D eigenvalue weighted by Gasteiger charge is -2.18. The molecule has 0 aliphatic carbocycles. The Bertz CT molecular complexity index is 748. The number of hydrogen-bond donors (Lipinski definition) is 4. The van der Waals surface area contributed by atoms with Gasteiger partial charge in [0, 0.05) is 13.5 Å². The Morgan fingerprint density at radius 1 is 1.42 bits per heavy atom. The number of rotatable bonds is 6. The highest BCUT2D eigenvalue weighted by Gasteiger charge is 2.18. The SMILES string of the molecule is CC(=O)NCCC(O)C(O)c1ccc(-n2ncc(C#N)c2N)cc1. The number of nitrogens with one attached hydrogen (secondary N) is 1. The first-order valence-electron chi connectivity index (χ1n) is 7.38. The third-order valence-corrected chi connectivity index (χ3v) is 3.58. The molecule has 0 fully saturated rings. The lowest BCUT2D eigenvalue weighted by molar-refractivity contribution is -0.119. The van der Waals surface area contributed by atoms with E-state index in [1.54, 1.807) is 24.3 Å². The summed E-state index contributed by atoms with van der Waals surface area (Å²) >= 11 is 0. The summed E-state index contributed by atoms with van der Waals surface area (Å²) < 4.78 is 1.42. The molecule has 2 rings (SSSR count). The summed E-state index contributed by atoms with van der Waals surface area (Å²) in [6, 6.07) is 8.61. The van der Waals surface area contributed by atoms with Crippen LogP contribution in [0.15, 0.2) is 30.5 Å². The van der Waals surface area contributed by atoms with Gasteiger partial charge in [0.25, 0.3) is 0 Å². The van der Waals surface area contributed by atoms with Gasteiger partial charge in [0.15, 0.2) is 0 Å². The Hall–Kier alpha value is -2.89. The molecule has 2 unspecified atom stereocenters. The molecule has 2 aromatic rings. The molecular formula is C16H19N5O3. The average molecular weight is 329 g/mol. The summed E-state index contributed by atoms with van der Waals surface area (Å²) in [5.41, 5.74) is 7.27. The van der Waals surface area contributed by atoms with Crippen LogP contribution >= 0.6 is 0 Å². The predicted molar refractivity (Wildman–Crippen MR) is 87.0 cm³/mol. The van der Waals surface area contributed by atoms with E-state index in [4.69, 9.17) is 11.0 Å². The van der Waals surface area contributed by atoms with Gasteiger partial charge in [0.2, 0.25) is 5.91 Å². The number of hydrogen-bond acceptors (Lipinski definition) is 6. The number of nitrogens with zero attached hydrogens (tertiary/aromatic N) is 3. The van der Waals surface area contributed by atoms with Gasteiger partial charge in [0.1, 0.15) is 23.6 Å². The van der Waals surface area contributed by atoms with E-state index in [2.05, 4.69) is 10.4 Å². The fourth-order valence-electron chi connectivity index (χ4n) is 2.24. The number of aliphatic hydroxyl groups is 2. The topological polar surface area (TPSA) is 137 Å². The van der Waals surface area contributed by atoms with Gasteiger partial charge in [-0.2, -0.15) is 10.4 Å². The molecule has 8 heteroatoms. The zero-order valence-corrected chi connectivity index (χ0v) is 13.2. The first-order valence-corrected chi connectivity index (χ1v) is 7.38. The molecule has 24 heavy (non-hydrogen) atoms. The van der Waals surface area contributed by atoms with Crippen LogP contribution in [0, 0.1) is 11.3 Å². The van der Waals surface area contributed by atoms with Crippen molar-refractivity contribution in [3.05, 3.63) is 41.6 Å². The average Bonchev–Trinajstić information content (AvgIpc) is 2.94. The Labute approximate surface area is 139 Å². The number of carbonyl (C=O) groups is 1. The van der Waals surface area contributed by atoms with E-state index < -0.39 is 12.2 Å². The maximum Gasteiger partial charge on any atom is 0.216 e. The molecule has 1 aromatic heterocycles. The molecule has 0 aliphatic heterocycles. The van der Waals surface area contributed by atoms with Crippen LogP contribution in [0.4, 0.5) is 5.82 Å². The van der Waals surface area contributed by atoms with Crippen molar-refractivity contribution >= 4 is 11.7 Å². The van der Waals surface area contributed by atoms with Gasteiger partial charge in [-0.1, -0.05) is 12.1 Å². The number of amides is 1. The molecule has 8 nitrogen and oxygen atoms in total. The number of aliphatic hydroxyl groups excluding tert-OH is 2. The van der Waals surface area contributed by atoms with Gasteiger partial charge < -0.3 is 21.3 Å². The van der Waals surface area contributed by atoms with Gasteiger partial charge in [-0.15, -0.1) is 0 Å². The minimum absolute atomic E-state index is 0.186. The van der Waals surface area contributed by atoms with Gasteiger partial charge in [-0.25, -0.2) is 4.68 Å². The van der Waals surface area contributed by atoms with E-state index in [0.717, 1.165) is 0 Å². The second-order valence-electron chi connectivity index (χ2n) is 5.34. The van der Waals surface area contributed by atoms with Crippen molar-refractivity contribution in [3.63, 3.8) is 0 Å². The van der Waals surface area contributed by atoms with Crippen LogP contribution in [0.1, 0.15) is 30.6 Å². The smallest absolute Gasteiger partial charge is 0.216 e. The summed E-state index contributed by atoms with van der Waals surface area (Å²) in [5, 5.41) is 35.6. The predicted octanol–water partition coefficient (Wildman–Crippen LogP) is 0.247. The van der Waals surface area contributed by atoms with E-state index in [0.29, 0.717) is 11.3 Å².